The van der Waals surface area contributed by atoms with E-state index < -0.39 is 0 Å². The van der Waals surface area contributed by atoms with Crippen LogP contribution in [0.25, 0.3) is 0 Å². The molecule has 0 unspecified atom stereocenters. The summed E-state index contributed by atoms with van der Waals surface area (Å²) in [5.41, 5.74) is 1.19. The molecule has 0 aliphatic carbocycles. The van der Waals surface area contributed by atoms with Gasteiger partial charge in [0, 0.05) is 11.0 Å². The van der Waals surface area contributed by atoms with E-state index >= 15 is 0 Å². The van der Waals surface area contributed by atoms with Crippen molar-refractivity contribution in [3.05, 3.63) is 54.3 Å². The zero-order valence-corrected chi connectivity index (χ0v) is 9.79. The van der Waals surface area contributed by atoms with Crippen LogP contribution in [0.1, 0.15) is 13.8 Å². The first-order valence-corrected chi connectivity index (χ1v) is 5.21. The van der Waals surface area contributed by atoms with Gasteiger partial charge in [-0.1, -0.05) is 35.9 Å². The van der Waals surface area contributed by atoms with Crippen LogP contribution in [0.3, 0.4) is 0 Å². The van der Waals surface area contributed by atoms with Crippen LogP contribution in [-0.4, -0.2) is 0 Å². The Kier molecular flexibility index (Phi) is 3.98. The van der Waals surface area contributed by atoms with Crippen LogP contribution in [0.15, 0.2) is 54.3 Å². The molecule has 1 aromatic rings. The fraction of sp³-hybridized carbons (Fsp3) is 0.231. The van der Waals surface area contributed by atoms with Crippen molar-refractivity contribution in [2.75, 3.05) is 0 Å². The Morgan fingerprint density at radius 1 is 1.33 bits per heavy atom. The van der Waals surface area contributed by atoms with Crippen molar-refractivity contribution in [1.29, 1.82) is 0 Å². The van der Waals surface area contributed by atoms with Gasteiger partial charge in [-0.3, -0.25) is 0 Å². The topological polar surface area (TPSA) is 9.23 Å². The summed E-state index contributed by atoms with van der Waals surface area (Å²) in [6, 6.07) is 9.55. The van der Waals surface area contributed by atoms with E-state index in [9.17, 15) is 0 Å². The van der Waals surface area contributed by atoms with E-state index in [-0.39, 0.29) is 5.41 Å². The van der Waals surface area contributed by atoms with Gasteiger partial charge in [0.05, 0.1) is 0 Å². The smallest absolute Gasteiger partial charge is 0.127 e. The normalized spacial score (nSPS) is 12.3. The van der Waals surface area contributed by atoms with Gasteiger partial charge in [-0.15, -0.1) is 6.58 Å². The van der Waals surface area contributed by atoms with Gasteiger partial charge < -0.3 is 4.74 Å². The van der Waals surface area contributed by atoms with E-state index in [4.69, 9.17) is 16.3 Å². The summed E-state index contributed by atoms with van der Waals surface area (Å²) >= 11 is 5.75. The lowest BCUT2D eigenvalue weighted by molar-refractivity contribution is 0.321. The number of ether oxygens (including phenoxy) is 1. The molecule has 0 fully saturated rings. The maximum Gasteiger partial charge on any atom is 0.127 e. The molecule has 0 aliphatic heterocycles. The molecule has 1 nitrogen and oxygen atoms in total. The second-order valence-electron chi connectivity index (χ2n) is 3.81. The highest BCUT2D eigenvalue weighted by Gasteiger charge is 2.21. The maximum atomic E-state index is 5.75. The van der Waals surface area contributed by atoms with Crippen molar-refractivity contribution >= 4 is 11.6 Å². The second-order valence-corrected chi connectivity index (χ2v) is 4.03. The Morgan fingerprint density at radius 2 is 1.93 bits per heavy atom. The van der Waals surface area contributed by atoms with Crippen molar-refractivity contribution in [3.63, 3.8) is 0 Å². The lowest BCUT2D eigenvalue weighted by atomic mass is 9.92. The number of rotatable bonds is 4. The largest absolute Gasteiger partial charge is 0.460 e. The SMILES string of the molecule is C=CC(C)(C)/C(=C/Cl)Oc1ccccc1. The number of para-hydroxylation sites is 1. The van der Waals surface area contributed by atoms with Crippen molar-refractivity contribution in [2.24, 2.45) is 5.41 Å². The Morgan fingerprint density at radius 3 is 2.40 bits per heavy atom. The monoisotopic (exact) mass is 222 g/mol. The molecule has 15 heavy (non-hydrogen) atoms. The fourth-order valence-corrected chi connectivity index (χ4v) is 1.34. The van der Waals surface area contributed by atoms with Crippen LogP contribution in [0, 0.1) is 5.41 Å². The summed E-state index contributed by atoms with van der Waals surface area (Å²) in [7, 11) is 0. The molecule has 0 spiro atoms. The molecular weight excluding hydrogens is 208 g/mol. The molecule has 0 atom stereocenters. The van der Waals surface area contributed by atoms with E-state index in [1.54, 1.807) is 0 Å². The third-order valence-electron chi connectivity index (χ3n) is 2.22. The van der Waals surface area contributed by atoms with Crippen LogP contribution in [0.4, 0.5) is 0 Å². The molecule has 0 N–H and O–H groups in total. The third kappa shape index (κ3) is 3.14. The van der Waals surface area contributed by atoms with Crippen LogP contribution in [-0.2, 0) is 0 Å². The number of hydrogen-bond acceptors (Lipinski definition) is 1. The van der Waals surface area contributed by atoms with Crippen molar-refractivity contribution < 1.29 is 4.74 Å². The minimum Gasteiger partial charge on any atom is -0.460 e. The van der Waals surface area contributed by atoms with E-state index in [2.05, 4.69) is 6.58 Å². The summed E-state index contributed by atoms with van der Waals surface area (Å²) in [5.74, 6) is 1.46. The highest BCUT2D eigenvalue weighted by atomic mass is 35.5. The predicted molar refractivity (Wildman–Crippen MR) is 65.0 cm³/mol. The first kappa shape index (κ1) is 11.9. The minimum atomic E-state index is -0.266. The van der Waals surface area contributed by atoms with Gasteiger partial charge in [-0.25, -0.2) is 0 Å². The van der Waals surface area contributed by atoms with Gasteiger partial charge >= 0.3 is 0 Å². The van der Waals surface area contributed by atoms with Crippen LogP contribution < -0.4 is 4.74 Å². The van der Waals surface area contributed by atoms with Crippen molar-refractivity contribution in [1.82, 2.24) is 0 Å². The first-order chi connectivity index (χ1) is 7.10. The zero-order chi connectivity index (χ0) is 11.3. The average Bonchev–Trinajstić information content (AvgIpc) is 2.27. The summed E-state index contributed by atoms with van der Waals surface area (Å²) in [6.07, 6.45) is 1.81. The van der Waals surface area contributed by atoms with Gasteiger partial charge in [-0.2, -0.15) is 0 Å². The summed E-state index contributed by atoms with van der Waals surface area (Å²) in [4.78, 5) is 0. The zero-order valence-electron chi connectivity index (χ0n) is 9.03. The molecule has 2 heteroatoms. The molecule has 0 aromatic heterocycles. The molecule has 0 radical (unpaired) electrons. The highest BCUT2D eigenvalue weighted by Crippen LogP contribution is 2.30. The van der Waals surface area contributed by atoms with Gasteiger partial charge in [0.25, 0.3) is 0 Å². The number of hydrogen-bond donors (Lipinski definition) is 0. The Balaban J connectivity index is 2.85. The molecular formula is C13H15ClO. The third-order valence-corrected chi connectivity index (χ3v) is 2.41. The van der Waals surface area contributed by atoms with Gasteiger partial charge in [0.1, 0.15) is 11.5 Å². The lowest BCUT2D eigenvalue weighted by Crippen LogP contribution is -2.15. The van der Waals surface area contributed by atoms with Gasteiger partial charge in [-0.05, 0) is 26.0 Å². The molecule has 0 heterocycles. The fourth-order valence-electron chi connectivity index (χ4n) is 1.01. The molecule has 1 aromatic carbocycles. The lowest BCUT2D eigenvalue weighted by Gasteiger charge is -2.23. The summed E-state index contributed by atoms with van der Waals surface area (Å²) in [5, 5.41) is 0. The van der Waals surface area contributed by atoms with E-state index in [1.807, 2.05) is 50.3 Å². The van der Waals surface area contributed by atoms with Crippen LogP contribution in [0.2, 0.25) is 0 Å². The van der Waals surface area contributed by atoms with Crippen molar-refractivity contribution in [2.45, 2.75) is 13.8 Å². The Labute approximate surface area is 96.0 Å². The summed E-state index contributed by atoms with van der Waals surface area (Å²) in [6.45, 7) is 7.76. The summed E-state index contributed by atoms with van der Waals surface area (Å²) < 4.78 is 5.68. The van der Waals surface area contributed by atoms with E-state index in [1.165, 1.54) is 5.54 Å². The molecule has 0 saturated heterocycles. The number of allylic oxidation sites excluding steroid dienone is 1. The predicted octanol–water partition coefficient (Wildman–Crippen LogP) is 4.36. The van der Waals surface area contributed by atoms with Crippen molar-refractivity contribution in [3.8, 4) is 5.75 Å². The Hall–Kier alpha value is -1.21. The standard InChI is InChI=1S/C13H15ClO/c1-4-13(2,3)12(10-14)15-11-8-6-5-7-9-11/h4-10H,1H2,2-3H3/b12-10-. The van der Waals surface area contributed by atoms with E-state index in [0.29, 0.717) is 5.76 Å². The molecule has 0 aliphatic rings. The van der Waals surface area contributed by atoms with Crippen LogP contribution in [0.5, 0.6) is 5.75 Å². The second kappa shape index (κ2) is 5.04. The minimum absolute atomic E-state index is 0.266. The molecule has 0 bridgehead atoms. The van der Waals surface area contributed by atoms with E-state index in [0.717, 1.165) is 5.75 Å². The molecule has 0 saturated carbocycles. The quantitative estimate of drug-likeness (QED) is 0.543. The van der Waals surface area contributed by atoms with Crippen LogP contribution >= 0.6 is 11.6 Å². The number of benzene rings is 1. The highest BCUT2D eigenvalue weighted by molar-refractivity contribution is 6.25. The molecule has 1 rings (SSSR count). The molecule has 80 valence electrons. The van der Waals surface area contributed by atoms with Gasteiger partial charge in [0.15, 0.2) is 0 Å². The Bertz CT molecular complexity index is 352. The average molecular weight is 223 g/mol. The maximum absolute atomic E-state index is 5.75. The van der Waals surface area contributed by atoms with Gasteiger partial charge in [0.2, 0.25) is 0 Å². The first-order valence-electron chi connectivity index (χ1n) is 4.77. The number of halogens is 1. The molecule has 0 amide bonds.